The molecule has 0 aliphatic carbocycles. The number of benzene rings is 3. The number of carbonyl (C=O) groups excluding carboxylic acids is 1. The molecule has 0 radical (unpaired) electrons. The zero-order chi connectivity index (χ0) is 21.0. The summed E-state index contributed by atoms with van der Waals surface area (Å²) in [7, 11) is 0. The minimum Gasteiger partial charge on any atom is -0.273 e. The van der Waals surface area contributed by atoms with Crippen LogP contribution in [0.4, 0.5) is 0 Å². The number of carbonyl (C=O) groups is 1. The van der Waals surface area contributed by atoms with E-state index in [9.17, 15) is 4.79 Å². The highest BCUT2D eigenvalue weighted by Gasteiger charge is 2.34. The van der Waals surface area contributed by atoms with Gasteiger partial charge in [-0.25, -0.2) is 9.99 Å². The van der Waals surface area contributed by atoms with Crippen molar-refractivity contribution in [3.8, 4) is 0 Å². The zero-order valence-corrected chi connectivity index (χ0v) is 17.1. The fourth-order valence-corrected chi connectivity index (χ4v) is 3.92. The van der Waals surface area contributed by atoms with Crippen molar-refractivity contribution in [3.63, 3.8) is 0 Å². The summed E-state index contributed by atoms with van der Waals surface area (Å²) in [6.07, 6.45) is 3.47. The third-order valence-corrected chi connectivity index (χ3v) is 5.55. The van der Waals surface area contributed by atoms with Crippen LogP contribution in [0.25, 0.3) is 11.0 Å². The number of nitrogens with zero attached hydrogens (tertiary/aromatic N) is 4. The van der Waals surface area contributed by atoms with Crippen LogP contribution in [0.3, 0.4) is 0 Å². The van der Waals surface area contributed by atoms with Gasteiger partial charge in [0, 0.05) is 12.8 Å². The number of para-hydroxylation sites is 2. The molecule has 2 heterocycles. The van der Waals surface area contributed by atoms with Crippen molar-refractivity contribution in [1.82, 2.24) is 15.0 Å². The van der Waals surface area contributed by atoms with Crippen molar-refractivity contribution in [2.75, 3.05) is 0 Å². The van der Waals surface area contributed by atoms with E-state index < -0.39 is 0 Å². The molecule has 1 atom stereocenters. The third kappa shape index (κ3) is 4.08. The van der Waals surface area contributed by atoms with Gasteiger partial charge in [0.2, 0.25) is 5.91 Å². The highest BCUT2D eigenvalue weighted by Crippen LogP contribution is 2.32. The van der Waals surface area contributed by atoms with Gasteiger partial charge in [-0.05, 0) is 29.7 Å². The Balaban J connectivity index is 1.45. The Morgan fingerprint density at radius 2 is 1.55 bits per heavy atom. The Morgan fingerprint density at radius 1 is 0.871 bits per heavy atom. The van der Waals surface area contributed by atoms with Gasteiger partial charge in [-0.1, -0.05) is 72.8 Å². The van der Waals surface area contributed by atoms with E-state index in [1.165, 1.54) is 0 Å². The number of amides is 1. The molecule has 5 heteroatoms. The Kier molecular flexibility index (Phi) is 5.23. The third-order valence-electron chi connectivity index (χ3n) is 5.55. The van der Waals surface area contributed by atoms with Gasteiger partial charge in [-0.3, -0.25) is 9.78 Å². The van der Waals surface area contributed by atoms with Crippen LogP contribution < -0.4 is 0 Å². The van der Waals surface area contributed by atoms with E-state index in [1.54, 1.807) is 11.2 Å². The second kappa shape index (κ2) is 8.48. The van der Waals surface area contributed by atoms with Crippen LogP contribution in [0, 0.1) is 0 Å². The molecule has 0 unspecified atom stereocenters. The maximum absolute atomic E-state index is 13.2. The molecule has 152 valence electrons. The van der Waals surface area contributed by atoms with E-state index in [-0.39, 0.29) is 11.9 Å². The van der Waals surface area contributed by atoms with Crippen molar-refractivity contribution < 1.29 is 4.79 Å². The fourth-order valence-electron chi connectivity index (χ4n) is 3.92. The number of hydrazone groups is 1. The second-order valence-corrected chi connectivity index (χ2v) is 7.64. The van der Waals surface area contributed by atoms with E-state index in [4.69, 9.17) is 10.1 Å². The summed E-state index contributed by atoms with van der Waals surface area (Å²) in [6.45, 7) is 0. The van der Waals surface area contributed by atoms with Gasteiger partial charge in [0.25, 0.3) is 0 Å². The first kappa shape index (κ1) is 19.1. The number of aryl methyl sites for hydroxylation is 1. The van der Waals surface area contributed by atoms with Gasteiger partial charge >= 0.3 is 0 Å². The number of aromatic nitrogens is 2. The summed E-state index contributed by atoms with van der Waals surface area (Å²) in [5.74, 6) is -0.00487. The highest BCUT2D eigenvalue weighted by molar-refractivity contribution is 6.03. The SMILES string of the molecule is O=C(CCc1ccccc1)N1N=C(c2ccccc2)C[C@H]1c1cnc2ccccc2n1. The minimum atomic E-state index is -0.254. The summed E-state index contributed by atoms with van der Waals surface area (Å²) in [6, 6.07) is 27.6. The smallest absolute Gasteiger partial charge is 0.243 e. The molecular formula is C26H22N4O. The Bertz CT molecular complexity index is 1240. The molecular weight excluding hydrogens is 384 g/mol. The lowest BCUT2D eigenvalue weighted by Crippen LogP contribution is -2.28. The number of hydrogen-bond donors (Lipinski definition) is 0. The predicted molar refractivity (Wildman–Crippen MR) is 121 cm³/mol. The van der Waals surface area contributed by atoms with E-state index in [1.807, 2.05) is 84.9 Å². The largest absolute Gasteiger partial charge is 0.273 e. The maximum Gasteiger partial charge on any atom is 0.243 e. The molecule has 1 aromatic heterocycles. The topological polar surface area (TPSA) is 58.5 Å². The summed E-state index contributed by atoms with van der Waals surface area (Å²) >= 11 is 0. The van der Waals surface area contributed by atoms with Crippen LogP contribution in [0.15, 0.2) is 96.2 Å². The van der Waals surface area contributed by atoms with Crippen LogP contribution >= 0.6 is 0 Å². The van der Waals surface area contributed by atoms with E-state index in [0.29, 0.717) is 19.3 Å². The lowest BCUT2D eigenvalue weighted by atomic mass is 10.0. The number of hydrogen-bond acceptors (Lipinski definition) is 4. The van der Waals surface area contributed by atoms with E-state index in [0.717, 1.165) is 33.6 Å². The average molecular weight is 406 g/mol. The highest BCUT2D eigenvalue weighted by atomic mass is 16.2. The molecule has 31 heavy (non-hydrogen) atoms. The van der Waals surface area contributed by atoms with Crippen LogP contribution in [0.1, 0.15) is 35.7 Å². The molecule has 4 aromatic rings. The molecule has 1 aliphatic rings. The number of rotatable bonds is 5. The normalized spacial score (nSPS) is 15.8. The minimum absolute atomic E-state index is 0.00487. The molecule has 0 fully saturated rings. The van der Waals surface area contributed by atoms with Crippen LogP contribution in [0.5, 0.6) is 0 Å². The van der Waals surface area contributed by atoms with Crippen LogP contribution in [-0.4, -0.2) is 26.6 Å². The first-order valence-electron chi connectivity index (χ1n) is 10.5. The van der Waals surface area contributed by atoms with Crippen LogP contribution in [0.2, 0.25) is 0 Å². The Morgan fingerprint density at radius 3 is 2.32 bits per heavy atom. The van der Waals surface area contributed by atoms with Gasteiger partial charge in [-0.2, -0.15) is 5.10 Å². The van der Waals surface area contributed by atoms with E-state index >= 15 is 0 Å². The van der Waals surface area contributed by atoms with Crippen LogP contribution in [-0.2, 0) is 11.2 Å². The van der Waals surface area contributed by atoms with Gasteiger partial charge in [0.1, 0.15) is 6.04 Å². The van der Waals surface area contributed by atoms with Crippen molar-refractivity contribution >= 4 is 22.7 Å². The zero-order valence-electron chi connectivity index (χ0n) is 17.1. The van der Waals surface area contributed by atoms with Gasteiger partial charge in [-0.15, -0.1) is 0 Å². The molecule has 0 N–H and O–H groups in total. The molecule has 5 rings (SSSR count). The monoisotopic (exact) mass is 406 g/mol. The molecule has 1 amide bonds. The van der Waals surface area contributed by atoms with Gasteiger partial charge < -0.3 is 0 Å². The second-order valence-electron chi connectivity index (χ2n) is 7.64. The molecule has 0 bridgehead atoms. The molecule has 3 aromatic carbocycles. The maximum atomic E-state index is 13.2. The first-order chi connectivity index (χ1) is 15.3. The molecule has 5 nitrogen and oxygen atoms in total. The van der Waals surface area contributed by atoms with Crippen molar-refractivity contribution in [2.24, 2.45) is 5.10 Å². The predicted octanol–water partition coefficient (Wildman–Crippen LogP) is 4.94. The molecule has 1 aliphatic heterocycles. The van der Waals surface area contributed by atoms with Crippen molar-refractivity contribution in [1.29, 1.82) is 0 Å². The molecule has 0 saturated carbocycles. The fraction of sp³-hybridized carbons (Fsp3) is 0.154. The summed E-state index contributed by atoms with van der Waals surface area (Å²) in [5.41, 5.74) is 5.50. The van der Waals surface area contributed by atoms with Gasteiger partial charge in [0.05, 0.1) is 28.6 Å². The number of fused-ring (bicyclic) bond motifs is 1. The summed E-state index contributed by atoms with van der Waals surface area (Å²) in [4.78, 5) is 22.6. The Hall–Kier alpha value is -3.86. The van der Waals surface area contributed by atoms with E-state index in [2.05, 4.69) is 4.98 Å². The first-order valence-corrected chi connectivity index (χ1v) is 10.5. The standard InChI is InChI=1S/C26H22N4O/c31-26(16-15-19-9-3-1-4-10-19)30-25(17-23(29-30)20-11-5-2-6-12-20)24-18-27-21-13-7-8-14-22(21)28-24/h1-14,18,25H,15-17H2/t25-/m0/s1. The lowest BCUT2D eigenvalue weighted by molar-refractivity contribution is -0.133. The molecule has 0 saturated heterocycles. The quantitative estimate of drug-likeness (QED) is 0.472. The van der Waals surface area contributed by atoms with Gasteiger partial charge in [0.15, 0.2) is 0 Å². The summed E-state index contributed by atoms with van der Waals surface area (Å²) in [5, 5.41) is 6.36. The van der Waals surface area contributed by atoms with Crippen molar-refractivity contribution in [3.05, 3.63) is 108 Å². The Labute approximate surface area is 181 Å². The van der Waals surface area contributed by atoms with Crippen molar-refractivity contribution in [2.45, 2.75) is 25.3 Å². The molecule has 0 spiro atoms. The summed E-state index contributed by atoms with van der Waals surface area (Å²) < 4.78 is 0. The lowest BCUT2D eigenvalue weighted by Gasteiger charge is -2.21. The average Bonchev–Trinajstić information content (AvgIpc) is 3.29.